The molecule has 0 spiro atoms. The lowest BCUT2D eigenvalue weighted by atomic mass is 10.2. The largest absolute Gasteiger partial charge is 0.493 e. The number of ether oxygens (including phenoxy) is 1. The van der Waals surface area contributed by atoms with E-state index in [1.165, 1.54) is 0 Å². The fourth-order valence-corrected chi connectivity index (χ4v) is 3.05. The Morgan fingerprint density at radius 2 is 1.93 bits per heavy atom. The van der Waals surface area contributed by atoms with Crippen LogP contribution in [-0.4, -0.2) is 37.7 Å². The standard InChI is InChI=1S/C18H23F3N4OS.HI/c1-13-6-3-4-7-14(13)26-11-5-9-23-17(22-2)24-10-8-16-25-15(12-27-16)18(19,20)21;/h3-4,6-7,12H,5,8-11H2,1-2H3,(H2,22,23,24);1H. The van der Waals surface area contributed by atoms with Gasteiger partial charge in [0.15, 0.2) is 11.7 Å². The zero-order valence-corrected chi connectivity index (χ0v) is 18.8. The quantitative estimate of drug-likeness (QED) is 0.233. The SMILES string of the molecule is CN=C(NCCCOc1ccccc1C)NCCc1nc(C(F)(F)F)cs1.I. The lowest BCUT2D eigenvalue weighted by Gasteiger charge is -2.12. The van der Waals surface area contributed by atoms with Crippen molar-refractivity contribution in [1.29, 1.82) is 0 Å². The first-order chi connectivity index (χ1) is 12.9. The van der Waals surface area contributed by atoms with Gasteiger partial charge in [0.25, 0.3) is 0 Å². The molecule has 156 valence electrons. The number of hydrogen-bond donors (Lipinski definition) is 2. The summed E-state index contributed by atoms with van der Waals surface area (Å²) in [5.41, 5.74) is 0.262. The Morgan fingerprint density at radius 1 is 1.21 bits per heavy atom. The van der Waals surface area contributed by atoms with Crippen molar-refractivity contribution in [2.45, 2.75) is 25.9 Å². The molecule has 1 heterocycles. The number of aryl methyl sites for hydroxylation is 1. The van der Waals surface area contributed by atoms with E-state index in [9.17, 15) is 13.2 Å². The molecular formula is C18H24F3IN4OS. The van der Waals surface area contributed by atoms with Gasteiger partial charge in [-0.15, -0.1) is 35.3 Å². The number of hydrogen-bond acceptors (Lipinski definition) is 4. The zero-order valence-electron chi connectivity index (χ0n) is 15.7. The smallest absolute Gasteiger partial charge is 0.434 e. The molecule has 1 aromatic heterocycles. The molecule has 28 heavy (non-hydrogen) atoms. The molecule has 2 rings (SSSR count). The number of thiazole rings is 1. The maximum absolute atomic E-state index is 12.5. The zero-order chi connectivity index (χ0) is 19.7. The number of nitrogens with zero attached hydrogens (tertiary/aromatic N) is 2. The third-order valence-electron chi connectivity index (χ3n) is 3.66. The van der Waals surface area contributed by atoms with Gasteiger partial charge in [-0.1, -0.05) is 18.2 Å². The molecule has 0 atom stereocenters. The van der Waals surface area contributed by atoms with Crippen molar-refractivity contribution in [2.24, 2.45) is 4.99 Å². The van der Waals surface area contributed by atoms with E-state index in [2.05, 4.69) is 20.6 Å². The van der Waals surface area contributed by atoms with E-state index in [-0.39, 0.29) is 24.0 Å². The summed E-state index contributed by atoms with van der Waals surface area (Å²) < 4.78 is 43.3. The highest BCUT2D eigenvalue weighted by molar-refractivity contribution is 14.0. The maximum atomic E-state index is 12.5. The average molecular weight is 528 g/mol. The second-order valence-electron chi connectivity index (χ2n) is 5.77. The number of aliphatic imine (C=N–C) groups is 1. The minimum atomic E-state index is -4.39. The molecular weight excluding hydrogens is 504 g/mol. The lowest BCUT2D eigenvalue weighted by Crippen LogP contribution is -2.39. The van der Waals surface area contributed by atoms with Crippen molar-refractivity contribution in [2.75, 3.05) is 26.7 Å². The second-order valence-corrected chi connectivity index (χ2v) is 6.71. The van der Waals surface area contributed by atoms with Crippen LogP contribution in [0.1, 0.15) is 22.7 Å². The number of para-hydroxylation sites is 1. The first-order valence-electron chi connectivity index (χ1n) is 8.54. The molecule has 0 radical (unpaired) electrons. The van der Waals surface area contributed by atoms with Crippen LogP contribution in [0, 0.1) is 6.92 Å². The average Bonchev–Trinajstić information content (AvgIpc) is 3.10. The number of halogens is 4. The Balaban J connectivity index is 0.00000392. The number of rotatable bonds is 8. The maximum Gasteiger partial charge on any atom is 0.434 e. The van der Waals surface area contributed by atoms with Gasteiger partial charge in [-0.2, -0.15) is 13.2 Å². The van der Waals surface area contributed by atoms with Crippen molar-refractivity contribution in [3.05, 3.63) is 45.9 Å². The monoisotopic (exact) mass is 528 g/mol. The highest BCUT2D eigenvalue weighted by atomic mass is 127. The van der Waals surface area contributed by atoms with Gasteiger partial charge in [-0.05, 0) is 25.0 Å². The van der Waals surface area contributed by atoms with Gasteiger partial charge < -0.3 is 15.4 Å². The lowest BCUT2D eigenvalue weighted by molar-refractivity contribution is -0.140. The van der Waals surface area contributed by atoms with E-state index < -0.39 is 11.9 Å². The number of nitrogens with one attached hydrogen (secondary N) is 2. The molecule has 10 heteroatoms. The van der Waals surface area contributed by atoms with Gasteiger partial charge in [0.05, 0.1) is 11.6 Å². The summed E-state index contributed by atoms with van der Waals surface area (Å²) in [4.78, 5) is 7.69. The Hall–Kier alpha value is -1.56. The number of aromatic nitrogens is 1. The molecule has 2 N–H and O–H groups in total. The Morgan fingerprint density at radius 3 is 2.57 bits per heavy atom. The normalized spacial score (nSPS) is 11.7. The summed E-state index contributed by atoms with van der Waals surface area (Å²) in [6.07, 6.45) is -3.20. The van der Waals surface area contributed by atoms with Crippen molar-refractivity contribution < 1.29 is 17.9 Å². The second kappa shape index (κ2) is 12.1. The third-order valence-corrected chi connectivity index (χ3v) is 4.57. The predicted molar refractivity (Wildman–Crippen MR) is 117 cm³/mol. The van der Waals surface area contributed by atoms with Crippen molar-refractivity contribution in [1.82, 2.24) is 15.6 Å². The predicted octanol–water partition coefficient (Wildman–Crippen LogP) is 4.26. The number of alkyl halides is 3. The first-order valence-corrected chi connectivity index (χ1v) is 9.42. The summed E-state index contributed by atoms with van der Waals surface area (Å²) >= 11 is 1.01. The van der Waals surface area contributed by atoms with Crippen LogP contribution in [0.25, 0.3) is 0 Å². The summed E-state index contributed by atoms with van der Waals surface area (Å²) in [6.45, 7) is 3.69. The molecule has 0 fully saturated rings. The van der Waals surface area contributed by atoms with Crippen LogP contribution in [-0.2, 0) is 12.6 Å². The van der Waals surface area contributed by atoms with Crippen molar-refractivity contribution in [3.8, 4) is 5.75 Å². The van der Waals surface area contributed by atoms with Crippen LogP contribution in [0.3, 0.4) is 0 Å². The van der Waals surface area contributed by atoms with Gasteiger partial charge in [0.2, 0.25) is 0 Å². The molecule has 1 aromatic carbocycles. The first kappa shape index (κ1) is 24.5. The topological polar surface area (TPSA) is 58.5 Å². The molecule has 5 nitrogen and oxygen atoms in total. The van der Waals surface area contributed by atoms with E-state index in [1.54, 1.807) is 7.05 Å². The molecule has 0 unspecified atom stereocenters. The molecule has 0 aliphatic rings. The van der Waals surface area contributed by atoms with Crippen LogP contribution >= 0.6 is 35.3 Å². The van der Waals surface area contributed by atoms with Crippen LogP contribution < -0.4 is 15.4 Å². The molecule has 0 bridgehead atoms. The molecule has 0 amide bonds. The molecule has 0 aliphatic heterocycles. The highest BCUT2D eigenvalue weighted by Crippen LogP contribution is 2.29. The van der Waals surface area contributed by atoms with E-state index in [4.69, 9.17) is 4.74 Å². The van der Waals surface area contributed by atoms with Gasteiger partial charge in [0, 0.05) is 31.9 Å². The van der Waals surface area contributed by atoms with Crippen LogP contribution in [0.5, 0.6) is 5.75 Å². The van der Waals surface area contributed by atoms with Gasteiger partial charge in [0.1, 0.15) is 5.75 Å². The minimum absolute atomic E-state index is 0. The van der Waals surface area contributed by atoms with E-state index in [1.807, 2.05) is 31.2 Å². The fourth-order valence-electron chi connectivity index (χ4n) is 2.24. The highest BCUT2D eigenvalue weighted by Gasteiger charge is 2.33. The van der Waals surface area contributed by atoms with E-state index >= 15 is 0 Å². The van der Waals surface area contributed by atoms with E-state index in [0.29, 0.717) is 37.1 Å². The number of benzene rings is 1. The summed E-state index contributed by atoms with van der Waals surface area (Å²) in [5, 5.41) is 7.70. The summed E-state index contributed by atoms with van der Waals surface area (Å²) in [7, 11) is 1.64. The Bertz CT molecular complexity index is 752. The van der Waals surface area contributed by atoms with Gasteiger partial charge in [-0.25, -0.2) is 4.98 Å². The summed E-state index contributed by atoms with van der Waals surface area (Å²) in [5.74, 6) is 1.47. The Kier molecular flexibility index (Phi) is 10.6. The van der Waals surface area contributed by atoms with Crippen molar-refractivity contribution in [3.63, 3.8) is 0 Å². The van der Waals surface area contributed by atoms with Crippen LogP contribution in [0.15, 0.2) is 34.6 Å². The van der Waals surface area contributed by atoms with Gasteiger partial charge in [-0.3, -0.25) is 4.99 Å². The minimum Gasteiger partial charge on any atom is -0.493 e. The van der Waals surface area contributed by atoms with Crippen molar-refractivity contribution >= 4 is 41.3 Å². The third kappa shape index (κ3) is 8.21. The van der Waals surface area contributed by atoms with E-state index in [0.717, 1.165) is 34.5 Å². The molecule has 0 saturated heterocycles. The van der Waals surface area contributed by atoms with Crippen LogP contribution in [0.4, 0.5) is 13.2 Å². The fraction of sp³-hybridized carbons (Fsp3) is 0.444. The van der Waals surface area contributed by atoms with Crippen LogP contribution in [0.2, 0.25) is 0 Å². The number of guanidine groups is 1. The molecule has 0 saturated carbocycles. The molecule has 2 aromatic rings. The molecule has 0 aliphatic carbocycles. The Labute approximate surface area is 183 Å². The summed E-state index contributed by atoms with van der Waals surface area (Å²) in [6, 6.07) is 7.84. The van der Waals surface area contributed by atoms with Gasteiger partial charge >= 0.3 is 6.18 Å².